The van der Waals surface area contributed by atoms with Crippen molar-refractivity contribution < 1.29 is 0 Å². The summed E-state index contributed by atoms with van der Waals surface area (Å²) in [6, 6.07) is 0. The molecule has 1 aliphatic heterocycles. The molecule has 1 rings (SSSR count). The molecule has 1 atom stereocenters. The summed E-state index contributed by atoms with van der Waals surface area (Å²) in [5, 5.41) is 7.48. The summed E-state index contributed by atoms with van der Waals surface area (Å²) in [6.07, 6.45) is 2.73. The lowest BCUT2D eigenvalue weighted by atomic mass is 9.93. The fourth-order valence-corrected chi connectivity index (χ4v) is 1.25. The van der Waals surface area contributed by atoms with Gasteiger partial charge in [-0.15, -0.1) is 0 Å². The highest BCUT2D eigenvalue weighted by molar-refractivity contribution is 6.36. The van der Waals surface area contributed by atoms with Crippen LogP contribution in [0, 0.1) is 11.3 Å². The summed E-state index contributed by atoms with van der Waals surface area (Å²) < 4.78 is 0. The van der Waals surface area contributed by atoms with Crippen LogP contribution < -0.4 is 0 Å². The first-order valence-corrected chi connectivity index (χ1v) is 3.77. The van der Waals surface area contributed by atoms with Crippen molar-refractivity contribution in [2.75, 3.05) is 13.6 Å². The van der Waals surface area contributed by atoms with Crippen LogP contribution in [0.5, 0.6) is 0 Å². The van der Waals surface area contributed by atoms with Gasteiger partial charge in [-0.05, 0) is 13.3 Å². The van der Waals surface area contributed by atoms with Gasteiger partial charge in [0, 0.05) is 31.4 Å². The van der Waals surface area contributed by atoms with Crippen LogP contribution in [0.15, 0.2) is 9.98 Å². The van der Waals surface area contributed by atoms with Gasteiger partial charge in [-0.1, -0.05) is 0 Å². The molecule has 0 spiro atoms. The van der Waals surface area contributed by atoms with Crippen LogP contribution in [0.25, 0.3) is 0 Å². The Kier molecular flexibility index (Phi) is 2.52. The third kappa shape index (κ3) is 1.73. The molecule has 0 aliphatic carbocycles. The van der Waals surface area contributed by atoms with Crippen molar-refractivity contribution in [2.45, 2.75) is 13.3 Å². The number of rotatable bonds is 1. The Morgan fingerprint density at radius 1 is 1.82 bits per heavy atom. The van der Waals surface area contributed by atoms with Crippen LogP contribution in [0.4, 0.5) is 0 Å². The minimum Gasteiger partial charge on any atom is -0.309 e. The highest BCUT2D eigenvalue weighted by Crippen LogP contribution is 2.10. The minimum atomic E-state index is 0.220. The second-order valence-electron chi connectivity index (χ2n) is 2.71. The first-order chi connectivity index (χ1) is 5.25. The molecule has 1 aliphatic rings. The minimum absolute atomic E-state index is 0.220. The Morgan fingerprint density at radius 2 is 2.55 bits per heavy atom. The van der Waals surface area contributed by atoms with E-state index in [0.717, 1.165) is 18.7 Å². The maximum atomic E-state index is 7.48. The smallest absolute Gasteiger partial charge is 0.0610 e. The van der Waals surface area contributed by atoms with Gasteiger partial charge < -0.3 is 5.41 Å². The fourth-order valence-electron chi connectivity index (χ4n) is 1.25. The van der Waals surface area contributed by atoms with Gasteiger partial charge in [0.2, 0.25) is 0 Å². The molecular weight excluding hydrogens is 138 g/mol. The Bertz CT molecular complexity index is 215. The monoisotopic (exact) mass is 151 g/mol. The number of hydrogen-bond acceptors (Lipinski definition) is 3. The Labute approximate surface area is 66.8 Å². The number of nitrogens with one attached hydrogen (secondary N) is 1. The highest BCUT2D eigenvalue weighted by atomic mass is 14.8. The lowest BCUT2D eigenvalue weighted by molar-refractivity contribution is 0.770. The summed E-state index contributed by atoms with van der Waals surface area (Å²) in [5.41, 5.74) is 1.64. The second-order valence-corrected chi connectivity index (χ2v) is 2.71. The van der Waals surface area contributed by atoms with Crippen LogP contribution >= 0.6 is 0 Å². The molecule has 11 heavy (non-hydrogen) atoms. The topological polar surface area (TPSA) is 48.6 Å². The van der Waals surface area contributed by atoms with Crippen molar-refractivity contribution in [3.05, 3.63) is 0 Å². The molecular formula is C8H13N3. The summed E-state index contributed by atoms with van der Waals surface area (Å²) in [7, 11) is 1.75. The largest absolute Gasteiger partial charge is 0.309 e. The van der Waals surface area contributed by atoms with Crippen LogP contribution in [0.2, 0.25) is 0 Å². The Morgan fingerprint density at radius 3 is 3.00 bits per heavy atom. The van der Waals surface area contributed by atoms with Gasteiger partial charge in [-0.2, -0.15) is 0 Å². The highest BCUT2D eigenvalue weighted by Gasteiger charge is 2.18. The third-order valence-corrected chi connectivity index (χ3v) is 1.91. The van der Waals surface area contributed by atoms with E-state index in [1.54, 1.807) is 13.3 Å². The average molecular weight is 151 g/mol. The SMILES string of the molecule is CN=C1C=NCCC1C(C)=N. The average Bonchev–Trinajstić information content (AvgIpc) is 2.04. The Balaban J connectivity index is 2.80. The predicted molar refractivity (Wildman–Crippen MR) is 48.2 cm³/mol. The standard InChI is InChI=1S/C8H13N3/c1-6(9)7-3-4-11-5-8(7)10-2/h5,7,9H,3-4H2,1-2H3. The first kappa shape index (κ1) is 8.11. The second kappa shape index (κ2) is 3.42. The van der Waals surface area contributed by atoms with Gasteiger partial charge in [-0.25, -0.2) is 0 Å². The van der Waals surface area contributed by atoms with E-state index in [1.165, 1.54) is 0 Å². The van der Waals surface area contributed by atoms with Gasteiger partial charge in [0.05, 0.1) is 5.71 Å². The first-order valence-electron chi connectivity index (χ1n) is 3.77. The molecule has 0 aromatic rings. The lowest BCUT2D eigenvalue weighted by Gasteiger charge is -2.17. The fraction of sp³-hybridized carbons (Fsp3) is 0.625. The lowest BCUT2D eigenvalue weighted by Crippen LogP contribution is -2.26. The van der Waals surface area contributed by atoms with Gasteiger partial charge in [0.25, 0.3) is 0 Å². The molecule has 3 heteroatoms. The molecule has 0 saturated carbocycles. The van der Waals surface area contributed by atoms with E-state index < -0.39 is 0 Å². The van der Waals surface area contributed by atoms with E-state index in [4.69, 9.17) is 5.41 Å². The molecule has 0 radical (unpaired) electrons. The van der Waals surface area contributed by atoms with Crippen LogP contribution in [0.1, 0.15) is 13.3 Å². The van der Waals surface area contributed by atoms with E-state index in [9.17, 15) is 0 Å². The van der Waals surface area contributed by atoms with Crippen molar-refractivity contribution in [3.63, 3.8) is 0 Å². The van der Waals surface area contributed by atoms with Crippen molar-refractivity contribution in [1.29, 1.82) is 5.41 Å². The zero-order valence-corrected chi connectivity index (χ0v) is 6.96. The molecule has 1 N–H and O–H groups in total. The zero-order chi connectivity index (χ0) is 8.27. The molecule has 0 bridgehead atoms. The van der Waals surface area contributed by atoms with E-state index in [2.05, 4.69) is 9.98 Å². The van der Waals surface area contributed by atoms with E-state index >= 15 is 0 Å². The van der Waals surface area contributed by atoms with Gasteiger partial charge in [-0.3, -0.25) is 9.98 Å². The summed E-state index contributed by atoms with van der Waals surface area (Å²) in [4.78, 5) is 8.19. The van der Waals surface area contributed by atoms with Crippen LogP contribution in [0.3, 0.4) is 0 Å². The van der Waals surface area contributed by atoms with E-state index in [0.29, 0.717) is 5.71 Å². The van der Waals surface area contributed by atoms with Gasteiger partial charge in [0.15, 0.2) is 0 Å². The van der Waals surface area contributed by atoms with Crippen LogP contribution in [-0.2, 0) is 0 Å². The normalized spacial score (nSPS) is 27.5. The number of nitrogens with zero attached hydrogens (tertiary/aromatic N) is 2. The Hall–Kier alpha value is -0.990. The predicted octanol–water partition coefficient (Wildman–Crippen LogP) is 1.19. The van der Waals surface area contributed by atoms with Gasteiger partial charge >= 0.3 is 0 Å². The molecule has 0 fully saturated rings. The molecule has 3 nitrogen and oxygen atoms in total. The van der Waals surface area contributed by atoms with E-state index in [1.807, 2.05) is 6.92 Å². The zero-order valence-electron chi connectivity index (χ0n) is 6.96. The van der Waals surface area contributed by atoms with Crippen LogP contribution in [-0.4, -0.2) is 31.2 Å². The van der Waals surface area contributed by atoms with Crippen molar-refractivity contribution in [1.82, 2.24) is 0 Å². The molecule has 0 saturated heterocycles. The third-order valence-electron chi connectivity index (χ3n) is 1.91. The summed E-state index contributed by atoms with van der Waals surface area (Å²) >= 11 is 0. The van der Waals surface area contributed by atoms with Crippen molar-refractivity contribution in [3.8, 4) is 0 Å². The van der Waals surface area contributed by atoms with Gasteiger partial charge in [0.1, 0.15) is 0 Å². The molecule has 0 amide bonds. The van der Waals surface area contributed by atoms with Crippen molar-refractivity contribution in [2.24, 2.45) is 15.9 Å². The molecule has 0 aromatic carbocycles. The quantitative estimate of drug-likeness (QED) is 0.547. The number of hydrogen-bond donors (Lipinski definition) is 1. The number of aliphatic imine (C=N–C) groups is 2. The van der Waals surface area contributed by atoms with E-state index in [-0.39, 0.29) is 5.92 Å². The summed E-state index contributed by atoms with van der Waals surface area (Å²) in [5.74, 6) is 0.220. The molecule has 0 aromatic heterocycles. The maximum Gasteiger partial charge on any atom is 0.0610 e. The molecule has 1 heterocycles. The van der Waals surface area contributed by atoms with Crippen molar-refractivity contribution >= 4 is 17.6 Å². The summed E-state index contributed by atoms with van der Waals surface area (Å²) in [6.45, 7) is 2.66. The molecule has 1 unspecified atom stereocenters. The molecule has 60 valence electrons. The maximum absolute atomic E-state index is 7.48.